The van der Waals surface area contributed by atoms with Crippen LogP contribution in [0, 0.1) is 12.8 Å². The van der Waals surface area contributed by atoms with Crippen molar-refractivity contribution in [3.8, 4) is 0 Å². The number of hydrogen-bond donors (Lipinski definition) is 1. The summed E-state index contributed by atoms with van der Waals surface area (Å²) in [5.41, 5.74) is 6.59. The van der Waals surface area contributed by atoms with Crippen LogP contribution < -0.4 is 5.73 Å². The first-order chi connectivity index (χ1) is 7.08. The van der Waals surface area contributed by atoms with Crippen LogP contribution >= 0.6 is 11.8 Å². The number of aryl methyl sites for hydroxylation is 1. The van der Waals surface area contributed by atoms with E-state index in [0.29, 0.717) is 5.82 Å². The fourth-order valence-electron chi connectivity index (χ4n) is 1.28. The van der Waals surface area contributed by atoms with Crippen LogP contribution in [0.1, 0.15) is 32.4 Å². The average molecular weight is 225 g/mol. The quantitative estimate of drug-likeness (QED) is 0.475. The van der Waals surface area contributed by atoms with Crippen LogP contribution in [0.3, 0.4) is 0 Å². The largest absolute Gasteiger partial charge is 0.384 e. The molecule has 0 atom stereocenters. The lowest BCUT2D eigenvalue weighted by molar-refractivity contribution is 0.579. The molecule has 0 aromatic carbocycles. The van der Waals surface area contributed by atoms with Gasteiger partial charge in [-0.2, -0.15) is 0 Å². The molecule has 84 valence electrons. The minimum atomic E-state index is 0.564. The average Bonchev–Trinajstić information content (AvgIpc) is 2.10. The Morgan fingerprint density at radius 3 is 2.73 bits per heavy atom. The fourth-order valence-corrected chi connectivity index (χ4v) is 2.16. The maximum absolute atomic E-state index is 5.65. The Balaban J connectivity index is 2.37. The summed E-state index contributed by atoms with van der Waals surface area (Å²) >= 11 is 1.69. The van der Waals surface area contributed by atoms with E-state index in [4.69, 9.17) is 5.73 Å². The lowest BCUT2D eigenvalue weighted by Gasteiger charge is -2.04. The van der Waals surface area contributed by atoms with E-state index in [2.05, 4.69) is 23.8 Å². The van der Waals surface area contributed by atoms with Crippen molar-refractivity contribution in [3.63, 3.8) is 0 Å². The summed E-state index contributed by atoms with van der Waals surface area (Å²) in [4.78, 5) is 8.50. The first-order valence-corrected chi connectivity index (χ1v) is 6.30. The molecule has 1 aromatic rings. The maximum atomic E-state index is 5.65. The second-order valence-electron chi connectivity index (χ2n) is 4.10. The van der Waals surface area contributed by atoms with Gasteiger partial charge < -0.3 is 5.73 Å². The standard InChI is InChI=1S/C11H19N3S/c1-8(2)5-4-6-15-11-13-9(3)7-10(12)14-11/h7-8H,4-6H2,1-3H3,(H2,12,13,14). The highest BCUT2D eigenvalue weighted by Crippen LogP contribution is 2.17. The molecule has 0 aliphatic rings. The van der Waals surface area contributed by atoms with E-state index in [1.54, 1.807) is 17.8 Å². The van der Waals surface area contributed by atoms with Gasteiger partial charge in [-0.25, -0.2) is 9.97 Å². The molecule has 4 heteroatoms. The number of nitrogen functional groups attached to an aromatic ring is 1. The van der Waals surface area contributed by atoms with Gasteiger partial charge >= 0.3 is 0 Å². The van der Waals surface area contributed by atoms with Gasteiger partial charge in [0.15, 0.2) is 5.16 Å². The van der Waals surface area contributed by atoms with Crippen molar-refractivity contribution in [2.24, 2.45) is 5.92 Å². The third kappa shape index (κ3) is 5.02. The van der Waals surface area contributed by atoms with Crippen molar-refractivity contribution in [2.75, 3.05) is 11.5 Å². The van der Waals surface area contributed by atoms with Crippen molar-refractivity contribution in [3.05, 3.63) is 11.8 Å². The van der Waals surface area contributed by atoms with Crippen LogP contribution in [-0.2, 0) is 0 Å². The smallest absolute Gasteiger partial charge is 0.189 e. The van der Waals surface area contributed by atoms with Gasteiger partial charge in [0, 0.05) is 17.5 Å². The molecule has 0 spiro atoms. The van der Waals surface area contributed by atoms with Gasteiger partial charge in [0.25, 0.3) is 0 Å². The molecule has 0 aliphatic heterocycles. The van der Waals surface area contributed by atoms with Gasteiger partial charge in [0.1, 0.15) is 5.82 Å². The van der Waals surface area contributed by atoms with Crippen LogP contribution in [0.5, 0.6) is 0 Å². The summed E-state index contributed by atoms with van der Waals surface area (Å²) in [6.07, 6.45) is 2.47. The molecule has 0 amide bonds. The molecule has 1 rings (SSSR count). The number of nitrogens with two attached hydrogens (primary N) is 1. The number of nitrogens with zero attached hydrogens (tertiary/aromatic N) is 2. The van der Waals surface area contributed by atoms with E-state index in [9.17, 15) is 0 Å². The third-order valence-corrected chi connectivity index (χ3v) is 2.94. The van der Waals surface area contributed by atoms with Crippen LogP contribution in [0.2, 0.25) is 0 Å². The molecule has 1 aromatic heterocycles. The van der Waals surface area contributed by atoms with E-state index < -0.39 is 0 Å². The molecular formula is C11H19N3S. The maximum Gasteiger partial charge on any atom is 0.189 e. The van der Waals surface area contributed by atoms with Gasteiger partial charge in [-0.05, 0) is 19.3 Å². The zero-order valence-electron chi connectivity index (χ0n) is 9.66. The van der Waals surface area contributed by atoms with Crippen LogP contribution in [-0.4, -0.2) is 15.7 Å². The summed E-state index contributed by atoms with van der Waals surface area (Å²) in [5, 5.41) is 0.802. The van der Waals surface area contributed by atoms with Crippen molar-refractivity contribution in [2.45, 2.75) is 38.8 Å². The fraction of sp³-hybridized carbons (Fsp3) is 0.636. The normalized spacial score (nSPS) is 10.9. The van der Waals surface area contributed by atoms with Crippen molar-refractivity contribution in [1.29, 1.82) is 0 Å². The Hall–Kier alpha value is -0.770. The third-order valence-electron chi connectivity index (χ3n) is 2.01. The second kappa shape index (κ2) is 5.95. The van der Waals surface area contributed by atoms with E-state index in [-0.39, 0.29) is 0 Å². The lowest BCUT2D eigenvalue weighted by Crippen LogP contribution is -1.97. The Morgan fingerprint density at radius 2 is 2.13 bits per heavy atom. The molecule has 0 aliphatic carbocycles. The number of anilines is 1. The molecule has 0 radical (unpaired) electrons. The number of aromatic nitrogens is 2. The molecule has 15 heavy (non-hydrogen) atoms. The van der Waals surface area contributed by atoms with Gasteiger partial charge in [-0.1, -0.05) is 32.0 Å². The zero-order chi connectivity index (χ0) is 11.3. The SMILES string of the molecule is Cc1cc(N)nc(SCCCC(C)C)n1. The van der Waals surface area contributed by atoms with Crippen LogP contribution in [0.15, 0.2) is 11.2 Å². The highest BCUT2D eigenvalue weighted by Gasteiger charge is 2.01. The Morgan fingerprint density at radius 1 is 1.40 bits per heavy atom. The Labute approximate surface area is 95.9 Å². The zero-order valence-corrected chi connectivity index (χ0v) is 10.5. The highest BCUT2D eigenvalue weighted by atomic mass is 32.2. The number of thioether (sulfide) groups is 1. The number of rotatable bonds is 5. The number of hydrogen-bond acceptors (Lipinski definition) is 4. The van der Waals surface area contributed by atoms with Crippen molar-refractivity contribution < 1.29 is 0 Å². The van der Waals surface area contributed by atoms with E-state index in [0.717, 1.165) is 22.5 Å². The monoisotopic (exact) mass is 225 g/mol. The topological polar surface area (TPSA) is 51.8 Å². The summed E-state index contributed by atoms with van der Waals surface area (Å²) in [6.45, 7) is 6.42. The van der Waals surface area contributed by atoms with Gasteiger partial charge in [0.05, 0.1) is 0 Å². The molecule has 0 saturated heterocycles. The van der Waals surface area contributed by atoms with Gasteiger partial charge in [0.2, 0.25) is 0 Å². The van der Waals surface area contributed by atoms with Crippen LogP contribution in [0.25, 0.3) is 0 Å². The molecule has 3 nitrogen and oxygen atoms in total. The van der Waals surface area contributed by atoms with Gasteiger partial charge in [-0.3, -0.25) is 0 Å². The van der Waals surface area contributed by atoms with Gasteiger partial charge in [-0.15, -0.1) is 0 Å². The van der Waals surface area contributed by atoms with E-state index in [1.807, 2.05) is 6.92 Å². The summed E-state index contributed by atoms with van der Waals surface area (Å²) in [7, 11) is 0. The van der Waals surface area contributed by atoms with Crippen molar-refractivity contribution in [1.82, 2.24) is 9.97 Å². The summed E-state index contributed by atoms with van der Waals surface area (Å²) in [6, 6.07) is 1.79. The first kappa shape index (κ1) is 12.3. The molecule has 0 bridgehead atoms. The Kier molecular flexibility index (Phi) is 4.88. The molecule has 0 saturated carbocycles. The minimum Gasteiger partial charge on any atom is -0.384 e. The van der Waals surface area contributed by atoms with Crippen molar-refractivity contribution >= 4 is 17.6 Å². The predicted molar refractivity (Wildman–Crippen MR) is 66.0 cm³/mol. The molecule has 0 fully saturated rings. The summed E-state index contributed by atoms with van der Waals surface area (Å²) < 4.78 is 0. The van der Waals surface area contributed by atoms with E-state index >= 15 is 0 Å². The lowest BCUT2D eigenvalue weighted by atomic mass is 10.1. The van der Waals surface area contributed by atoms with Crippen LogP contribution in [0.4, 0.5) is 5.82 Å². The highest BCUT2D eigenvalue weighted by molar-refractivity contribution is 7.99. The predicted octanol–water partition coefficient (Wildman–Crippen LogP) is 2.90. The first-order valence-electron chi connectivity index (χ1n) is 5.32. The minimum absolute atomic E-state index is 0.564. The molecule has 0 unspecified atom stereocenters. The molecular weight excluding hydrogens is 206 g/mol. The second-order valence-corrected chi connectivity index (χ2v) is 5.16. The summed E-state index contributed by atoms with van der Waals surface area (Å²) in [5.74, 6) is 2.41. The molecule has 1 heterocycles. The molecule has 2 N–H and O–H groups in total. The van der Waals surface area contributed by atoms with E-state index in [1.165, 1.54) is 12.8 Å². The Bertz CT molecular complexity index is 292.